The quantitative estimate of drug-likeness (QED) is 0.271. The van der Waals surface area contributed by atoms with Crippen molar-refractivity contribution < 1.29 is 24.2 Å². The lowest BCUT2D eigenvalue weighted by Crippen LogP contribution is -2.21. The van der Waals surface area contributed by atoms with Crippen molar-refractivity contribution in [3.8, 4) is 0 Å². The summed E-state index contributed by atoms with van der Waals surface area (Å²) in [6.07, 6.45) is 0. The minimum Gasteiger partial charge on any atom is -0.452 e. The number of anilines is 2. The molecule has 0 aliphatic heterocycles. The van der Waals surface area contributed by atoms with Gasteiger partial charge in [-0.3, -0.25) is 25.0 Å². The summed E-state index contributed by atoms with van der Waals surface area (Å²) in [5.74, 6) is -1.64. The Bertz CT molecular complexity index is 1250. The number of nitro groups is 2. The van der Waals surface area contributed by atoms with E-state index >= 15 is 0 Å². The molecule has 0 saturated heterocycles. The molecule has 34 heavy (non-hydrogen) atoms. The third-order valence-corrected chi connectivity index (χ3v) is 4.80. The number of carbonyl (C=O) groups is 2. The number of nitrogens with one attached hydrogen (secondary N) is 2. The molecule has 0 bridgehead atoms. The first kappa shape index (κ1) is 23.9. The van der Waals surface area contributed by atoms with Crippen LogP contribution in [-0.4, -0.2) is 28.3 Å². The lowest BCUT2D eigenvalue weighted by atomic mass is 10.1. The third-order valence-electron chi connectivity index (χ3n) is 4.80. The number of benzene rings is 3. The van der Waals surface area contributed by atoms with E-state index in [1.807, 2.05) is 30.3 Å². The molecule has 174 valence electrons. The van der Waals surface area contributed by atoms with E-state index in [-0.39, 0.29) is 28.3 Å². The van der Waals surface area contributed by atoms with Gasteiger partial charge < -0.3 is 15.4 Å². The Morgan fingerprint density at radius 1 is 0.912 bits per heavy atom. The maximum Gasteiger partial charge on any atom is 0.338 e. The number of nitro benzene ring substituents is 2. The van der Waals surface area contributed by atoms with Gasteiger partial charge >= 0.3 is 5.97 Å². The molecule has 0 atom stereocenters. The van der Waals surface area contributed by atoms with Crippen LogP contribution in [0.5, 0.6) is 0 Å². The molecule has 0 saturated carbocycles. The predicted molar refractivity (Wildman–Crippen MR) is 124 cm³/mol. The van der Waals surface area contributed by atoms with Crippen LogP contribution in [-0.2, 0) is 16.1 Å². The normalized spacial score (nSPS) is 10.3. The van der Waals surface area contributed by atoms with Gasteiger partial charge in [-0.25, -0.2) is 4.79 Å². The lowest BCUT2D eigenvalue weighted by molar-refractivity contribution is -0.384. The molecule has 0 aliphatic carbocycles. The van der Waals surface area contributed by atoms with Crippen LogP contribution in [0.15, 0.2) is 66.7 Å². The third kappa shape index (κ3) is 6.13. The summed E-state index contributed by atoms with van der Waals surface area (Å²) in [4.78, 5) is 45.7. The molecule has 1 amide bonds. The van der Waals surface area contributed by atoms with Crippen molar-refractivity contribution in [1.82, 2.24) is 0 Å². The van der Waals surface area contributed by atoms with Crippen molar-refractivity contribution in [2.75, 3.05) is 17.2 Å². The van der Waals surface area contributed by atoms with E-state index < -0.39 is 28.3 Å². The Balaban J connectivity index is 1.63. The first-order chi connectivity index (χ1) is 16.2. The average molecular weight is 464 g/mol. The molecule has 0 fully saturated rings. The molecule has 3 aromatic carbocycles. The summed E-state index contributed by atoms with van der Waals surface area (Å²) in [6, 6.07) is 17.1. The smallest absolute Gasteiger partial charge is 0.338 e. The van der Waals surface area contributed by atoms with E-state index in [1.54, 1.807) is 6.92 Å². The van der Waals surface area contributed by atoms with Crippen LogP contribution in [0.25, 0.3) is 0 Å². The van der Waals surface area contributed by atoms with Crippen LogP contribution < -0.4 is 10.6 Å². The number of rotatable bonds is 9. The number of ether oxygens (including phenoxy) is 1. The largest absolute Gasteiger partial charge is 0.452 e. The van der Waals surface area contributed by atoms with E-state index in [0.29, 0.717) is 12.1 Å². The van der Waals surface area contributed by atoms with E-state index in [9.17, 15) is 29.8 Å². The fourth-order valence-electron chi connectivity index (χ4n) is 3.01. The minimum atomic E-state index is -0.927. The van der Waals surface area contributed by atoms with Crippen molar-refractivity contribution in [2.45, 2.75) is 13.5 Å². The van der Waals surface area contributed by atoms with Crippen LogP contribution in [0, 0.1) is 27.2 Å². The highest BCUT2D eigenvalue weighted by Gasteiger charge is 2.19. The molecule has 0 aromatic heterocycles. The van der Waals surface area contributed by atoms with E-state index in [2.05, 4.69) is 10.6 Å². The maximum absolute atomic E-state index is 12.3. The first-order valence-electron chi connectivity index (χ1n) is 10.0. The standard InChI is InChI=1S/C23H20N4O7/c1-15-7-9-18(26(30)31)12-20(15)25-22(28)14-34-23(29)17-8-10-19(21(11-17)27(32)33)24-13-16-5-3-2-4-6-16/h2-12,24H,13-14H2,1H3,(H,25,28). The fourth-order valence-corrected chi connectivity index (χ4v) is 3.01. The number of carbonyl (C=O) groups excluding carboxylic acids is 2. The molecular weight excluding hydrogens is 444 g/mol. The number of amides is 1. The fraction of sp³-hybridized carbons (Fsp3) is 0.130. The van der Waals surface area contributed by atoms with Crippen molar-refractivity contribution >= 4 is 34.6 Å². The molecule has 0 aliphatic rings. The van der Waals surface area contributed by atoms with Crippen LogP contribution >= 0.6 is 0 Å². The zero-order valence-corrected chi connectivity index (χ0v) is 18.0. The highest BCUT2D eigenvalue weighted by atomic mass is 16.6. The highest BCUT2D eigenvalue weighted by Crippen LogP contribution is 2.27. The van der Waals surface area contributed by atoms with Crippen LogP contribution in [0.1, 0.15) is 21.5 Å². The Labute approximate surface area is 193 Å². The van der Waals surface area contributed by atoms with Gasteiger partial charge in [-0.2, -0.15) is 0 Å². The highest BCUT2D eigenvalue weighted by molar-refractivity contribution is 5.96. The van der Waals surface area contributed by atoms with Gasteiger partial charge in [0.25, 0.3) is 17.3 Å². The van der Waals surface area contributed by atoms with Gasteiger partial charge in [0.05, 0.1) is 21.1 Å². The van der Waals surface area contributed by atoms with Gasteiger partial charge in [0, 0.05) is 24.7 Å². The molecule has 11 nitrogen and oxygen atoms in total. The van der Waals surface area contributed by atoms with Gasteiger partial charge in [-0.05, 0) is 30.2 Å². The molecule has 0 unspecified atom stereocenters. The number of nitrogens with zero attached hydrogens (tertiary/aromatic N) is 2. The molecule has 0 radical (unpaired) electrons. The van der Waals surface area contributed by atoms with Crippen molar-refractivity contribution in [3.63, 3.8) is 0 Å². The van der Waals surface area contributed by atoms with Crippen molar-refractivity contribution in [1.29, 1.82) is 0 Å². The monoisotopic (exact) mass is 464 g/mol. The summed E-state index contributed by atoms with van der Waals surface area (Å²) in [6.45, 7) is 1.32. The molecule has 11 heteroatoms. The number of non-ortho nitro benzene ring substituents is 1. The zero-order valence-electron chi connectivity index (χ0n) is 18.0. The first-order valence-corrected chi connectivity index (χ1v) is 10.0. The second kappa shape index (κ2) is 10.7. The average Bonchev–Trinajstić information content (AvgIpc) is 2.83. The molecule has 0 heterocycles. The van der Waals surface area contributed by atoms with Crippen molar-refractivity contribution in [2.24, 2.45) is 0 Å². The van der Waals surface area contributed by atoms with Gasteiger partial charge in [-0.1, -0.05) is 36.4 Å². The summed E-state index contributed by atoms with van der Waals surface area (Å²) in [7, 11) is 0. The van der Waals surface area contributed by atoms with Crippen molar-refractivity contribution in [3.05, 3.63) is 104 Å². The van der Waals surface area contributed by atoms with Gasteiger partial charge in [0.1, 0.15) is 5.69 Å². The molecule has 2 N–H and O–H groups in total. The van der Waals surface area contributed by atoms with Crippen LogP contribution in [0.4, 0.5) is 22.7 Å². The van der Waals surface area contributed by atoms with Crippen LogP contribution in [0.3, 0.4) is 0 Å². The lowest BCUT2D eigenvalue weighted by Gasteiger charge is -2.10. The molecule has 0 spiro atoms. The van der Waals surface area contributed by atoms with E-state index in [0.717, 1.165) is 11.6 Å². The van der Waals surface area contributed by atoms with Gasteiger partial charge in [0.2, 0.25) is 0 Å². The Morgan fingerprint density at radius 3 is 2.32 bits per heavy atom. The van der Waals surface area contributed by atoms with Crippen LogP contribution in [0.2, 0.25) is 0 Å². The Morgan fingerprint density at radius 2 is 1.65 bits per heavy atom. The van der Waals surface area contributed by atoms with E-state index in [4.69, 9.17) is 4.74 Å². The zero-order chi connectivity index (χ0) is 24.7. The summed E-state index contributed by atoms with van der Waals surface area (Å²) >= 11 is 0. The number of hydrogen-bond acceptors (Lipinski definition) is 8. The number of aryl methyl sites for hydroxylation is 1. The summed E-state index contributed by atoms with van der Waals surface area (Å²) in [5, 5.41) is 27.8. The predicted octanol–water partition coefficient (Wildman–Crippen LogP) is 4.22. The SMILES string of the molecule is Cc1ccc([N+](=O)[O-])cc1NC(=O)COC(=O)c1ccc(NCc2ccccc2)c([N+](=O)[O-])c1. The van der Waals surface area contributed by atoms with E-state index in [1.165, 1.54) is 30.3 Å². The van der Waals surface area contributed by atoms with Gasteiger partial charge in [0.15, 0.2) is 6.61 Å². The summed E-state index contributed by atoms with van der Waals surface area (Å²) < 4.78 is 4.96. The number of esters is 1. The molecule has 3 rings (SSSR count). The second-order valence-electron chi connectivity index (χ2n) is 7.21. The maximum atomic E-state index is 12.3. The van der Waals surface area contributed by atoms with Gasteiger partial charge in [-0.15, -0.1) is 0 Å². The Hall–Kier alpha value is -4.80. The second-order valence-corrected chi connectivity index (χ2v) is 7.21. The Kier molecular flexibility index (Phi) is 7.49. The molecule has 3 aromatic rings. The minimum absolute atomic E-state index is 0.101. The molecular formula is C23H20N4O7. The number of hydrogen-bond donors (Lipinski definition) is 2. The topological polar surface area (TPSA) is 154 Å². The summed E-state index contributed by atoms with van der Waals surface area (Å²) in [5.41, 5.74) is 1.32.